The standard InChI is InChI=1S/C22H23F2N7O2/c1-22(10-33-11-22)20-17(32-2)6-18-27-9-16(31(18)30-20)19-14(24)5-12(7-25)21(29-19)28-15-8-26-4-3-13(15)23/h5-6,9,13,15,26H,3-4,8,10-11H2,1-2H3,(H,28,29). The van der Waals surface area contributed by atoms with Crippen molar-refractivity contribution in [3.8, 4) is 23.2 Å². The third kappa shape index (κ3) is 3.65. The molecule has 2 atom stereocenters. The van der Waals surface area contributed by atoms with E-state index < -0.39 is 18.0 Å². The van der Waals surface area contributed by atoms with Gasteiger partial charge in [-0.05, 0) is 26.0 Å². The SMILES string of the molecule is COc1cc2ncc(-c3nc(NC4CNCCC4F)c(C#N)cc3F)n2nc1C1(C)COC1. The van der Waals surface area contributed by atoms with Crippen molar-refractivity contribution in [3.63, 3.8) is 0 Å². The Morgan fingerprint density at radius 3 is 2.88 bits per heavy atom. The lowest BCUT2D eigenvalue weighted by Gasteiger charge is -2.37. The van der Waals surface area contributed by atoms with Crippen molar-refractivity contribution in [1.29, 1.82) is 5.26 Å². The number of alkyl halides is 1. The number of nitrogens with zero attached hydrogens (tertiary/aromatic N) is 5. The Balaban J connectivity index is 1.60. The molecule has 0 radical (unpaired) electrons. The second-order valence-electron chi connectivity index (χ2n) is 8.61. The van der Waals surface area contributed by atoms with Crippen LogP contribution in [0, 0.1) is 17.1 Å². The molecule has 0 aliphatic carbocycles. The van der Waals surface area contributed by atoms with Crippen molar-refractivity contribution >= 4 is 11.5 Å². The van der Waals surface area contributed by atoms with Crippen molar-refractivity contribution in [2.45, 2.75) is 31.0 Å². The fourth-order valence-corrected chi connectivity index (χ4v) is 4.19. The van der Waals surface area contributed by atoms with Gasteiger partial charge >= 0.3 is 0 Å². The van der Waals surface area contributed by atoms with Crippen LogP contribution in [0.25, 0.3) is 17.0 Å². The van der Waals surface area contributed by atoms with Gasteiger partial charge in [-0.25, -0.2) is 23.3 Å². The smallest absolute Gasteiger partial charge is 0.157 e. The van der Waals surface area contributed by atoms with E-state index in [0.717, 1.165) is 6.07 Å². The summed E-state index contributed by atoms with van der Waals surface area (Å²) < 4.78 is 41.8. The zero-order chi connectivity index (χ0) is 23.2. The lowest BCUT2D eigenvalue weighted by atomic mass is 9.84. The van der Waals surface area contributed by atoms with Gasteiger partial charge in [0.05, 0.1) is 43.5 Å². The molecule has 0 bridgehead atoms. The first-order chi connectivity index (χ1) is 15.9. The quantitative estimate of drug-likeness (QED) is 0.603. The fourth-order valence-electron chi connectivity index (χ4n) is 4.19. The first-order valence-electron chi connectivity index (χ1n) is 10.7. The second kappa shape index (κ2) is 8.20. The summed E-state index contributed by atoms with van der Waals surface area (Å²) in [6.45, 7) is 3.95. The van der Waals surface area contributed by atoms with E-state index in [0.29, 0.717) is 55.5 Å². The summed E-state index contributed by atoms with van der Waals surface area (Å²) in [7, 11) is 1.56. The van der Waals surface area contributed by atoms with E-state index >= 15 is 4.39 Å². The Morgan fingerprint density at radius 2 is 2.21 bits per heavy atom. The number of piperidine rings is 1. The van der Waals surface area contributed by atoms with E-state index in [2.05, 4.69) is 20.6 Å². The summed E-state index contributed by atoms with van der Waals surface area (Å²) in [6, 6.07) is 4.19. The predicted molar refractivity (Wildman–Crippen MR) is 115 cm³/mol. The Hall–Kier alpha value is -3.36. The van der Waals surface area contributed by atoms with Crippen LogP contribution in [-0.2, 0) is 10.2 Å². The van der Waals surface area contributed by atoms with Crippen LogP contribution in [0.4, 0.5) is 14.6 Å². The molecule has 33 heavy (non-hydrogen) atoms. The van der Waals surface area contributed by atoms with E-state index in [9.17, 15) is 9.65 Å². The molecule has 0 amide bonds. The van der Waals surface area contributed by atoms with Crippen molar-refractivity contribution < 1.29 is 18.3 Å². The van der Waals surface area contributed by atoms with Gasteiger partial charge in [0.1, 0.15) is 40.9 Å². The molecule has 2 aliphatic heterocycles. The Bertz CT molecular complexity index is 1250. The van der Waals surface area contributed by atoms with Gasteiger partial charge < -0.3 is 20.1 Å². The molecular weight excluding hydrogens is 432 g/mol. The normalized spacial score (nSPS) is 21.9. The van der Waals surface area contributed by atoms with E-state index in [4.69, 9.17) is 14.6 Å². The van der Waals surface area contributed by atoms with E-state index in [1.54, 1.807) is 13.2 Å². The zero-order valence-electron chi connectivity index (χ0n) is 18.2. The number of aromatic nitrogens is 4. The van der Waals surface area contributed by atoms with E-state index in [1.165, 1.54) is 10.7 Å². The molecule has 2 fully saturated rings. The largest absolute Gasteiger partial charge is 0.495 e. The first kappa shape index (κ1) is 21.5. The lowest BCUT2D eigenvalue weighted by Crippen LogP contribution is -2.46. The van der Waals surface area contributed by atoms with Crippen molar-refractivity contribution in [2.75, 3.05) is 38.7 Å². The van der Waals surface area contributed by atoms with Crippen molar-refractivity contribution in [3.05, 3.63) is 35.4 Å². The van der Waals surface area contributed by atoms with E-state index in [-0.39, 0.29) is 22.5 Å². The number of pyridine rings is 1. The van der Waals surface area contributed by atoms with Crippen LogP contribution in [0.3, 0.4) is 0 Å². The molecule has 0 spiro atoms. The molecule has 11 heteroatoms. The van der Waals surface area contributed by atoms with Gasteiger partial charge in [0.2, 0.25) is 0 Å². The highest BCUT2D eigenvalue weighted by Crippen LogP contribution is 2.37. The number of nitrogens with one attached hydrogen (secondary N) is 2. The summed E-state index contributed by atoms with van der Waals surface area (Å²) in [5.74, 6) is -0.0111. The number of methoxy groups -OCH3 is 1. The van der Waals surface area contributed by atoms with Crippen LogP contribution in [0.15, 0.2) is 18.3 Å². The number of rotatable bonds is 5. The second-order valence-corrected chi connectivity index (χ2v) is 8.61. The predicted octanol–water partition coefficient (Wildman–Crippen LogP) is 2.21. The Labute approximate surface area is 188 Å². The van der Waals surface area contributed by atoms with Crippen molar-refractivity contribution in [2.24, 2.45) is 0 Å². The minimum atomic E-state index is -1.11. The monoisotopic (exact) mass is 455 g/mol. The molecule has 3 aromatic rings. The minimum Gasteiger partial charge on any atom is -0.495 e. The maximum atomic E-state index is 15.1. The van der Waals surface area contributed by atoms with Gasteiger partial charge in [-0.2, -0.15) is 10.4 Å². The van der Waals surface area contributed by atoms with Crippen LogP contribution < -0.4 is 15.4 Å². The minimum absolute atomic E-state index is 0.00251. The maximum absolute atomic E-state index is 15.1. The number of halogens is 2. The van der Waals surface area contributed by atoms with Gasteiger partial charge in [0.15, 0.2) is 11.5 Å². The van der Waals surface area contributed by atoms with Crippen LogP contribution in [0.5, 0.6) is 5.75 Å². The molecule has 2 saturated heterocycles. The molecule has 5 heterocycles. The lowest BCUT2D eigenvalue weighted by molar-refractivity contribution is -0.0535. The zero-order valence-corrected chi connectivity index (χ0v) is 18.2. The third-order valence-corrected chi connectivity index (χ3v) is 6.15. The van der Waals surface area contributed by atoms with Crippen LogP contribution in [-0.4, -0.2) is 65.2 Å². The topological polar surface area (TPSA) is 109 Å². The van der Waals surface area contributed by atoms with Gasteiger partial charge in [-0.3, -0.25) is 0 Å². The Kier molecular flexibility index (Phi) is 5.34. The van der Waals surface area contributed by atoms with Gasteiger partial charge in [0.25, 0.3) is 0 Å². The highest BCUT2D eigenvalue weighted by molar-refractivity contribution is 5.66. The number of fused-ring (bicyclic) bond motifs is 1. The van der Waals surface area contributed by atoms with Crippen LogP contribution >= 0.6 is 0 Å². The third-order valence-electron chi connectivity index (χ3n) is 6.15. The average Bonchev–Trinajstić information content (AvgIpc) is 3.21. The number of hydrogen-bond donors (Lipinski definition) is 2. The van der Waals surface area contributed by atoms with E-state index in [1.807, 2.05) is 13.0 Å². The fraction of sp³-hybridized carbons (Fsp3) is 0.455. The highest BCUT2D eigenvalue weighted by atomic mass is 19.1. The summed E-state index contributed by atoms with van der Waals surface area (Å²) in [4.78, 5) is 8.71. The number of nitriles is 1. The number of hydrogen-bond acceptors (Lipinski definition) is 8. The molecule has 9 nitrogen and oxygen atoms in total. The molecule has 2 N–H and O–H groups in total. The van der Waals surface area contributed by atoms with Crippen LogP contribution in [0.1, 0.15) is 24.6 Å². The number of anilines is 1. The molecule has 2 aliphatic rings. The molecule has 0 saturated carbocycles. The van der Waals surface area contributed by atoms with Gasteiger partial charge in [-0.1, -0.05) is 0 Å². The maximum Gasteiger partial charge on any atom is 0.157 e. The van der Waals surface area contributed by atoms with Gasteiger partial charge in [0, 0.05) is 12.6 Å². The summed E-state index contributed by atoms with van der Waals surface area (Å²) in [6.07, 6.45) is 0.704. The number of ether oxygens (including phenoxy) is 2. The Morgan fingerprint density at radius 1 is 1.39 bits per heavy atom. The molecule has 0 aromatic carbocycles. The molecule has 2 unspecified atom stereocenters. The van der Waals surface area contributed by atoms with Gasteiger partial charge in [-0.15, -0.1) is 0 Å². The first-order valence-corrected chi connectivity index (χ1v) is 10.7. The highest BCUT2D eigenvalue weighted by Gasteiger charge is 2.40. The number of imidazole rings is 1. The summed E-state index contributed by atoms with van der Waals surface area (Å²) in [5, 5.41) is 20.3. The van der Waals surface area contributed by atoms with Crippen LogP contribution in [0.2, 0.25) is 0 Å². The summed E-state index contributed by atoms with van der Waals surface area (Å²) in [5.41, 5.74) is 1.05. The van der Waals surface area contributed by atoms with Crippen molar-refractivity contribution in [1.82, 2.24) is 24.9 Å². The summed E-state index contributed by atoms with van der Waals surface area (Å²) >= 11 is 0. The molecule has 3 aromatic heterocycles. The molecule has 5 rings (SSSR count). The average molecular weight is 455 g/mol. The molecular formula is C22H23F2N7O2. The molecule has 172 valence electrons.